The Hall–Kier alpha value is -2.25. The van der Waals surface area contributed by atoms with E-state index in [2.05, 4.69) is 35.9 Å². The van der Waals surface area contributed by atoms with Crippen molar-refractivity contribution in [2.24, 2.45) is 0 Å². The Morgan fingerprint density at radius 3 is 3.18 bits per heavy atom. The average Bonchev–Trinajstić information content (AvgIpc) is 2.87. The quantitative estimate of drug-likeness (QED) is 0.746. The normalized spacial score (nSPS) is 10.2. The van der Waals surface area contributed by atoms with Crippen molar-refractivity contribution in [3.05, 3.63) is 18.1 Å². The van der Waals surface area contributed by atoms with Gasteiger partial charge in [0.25, 0.3) is 0 Å². The summed E-state index contributed by atoms with van der Waals surface area (Å²) in [6.07, 6.45) is 2.58. The van der Waals surface area contributed by atoms with Crippen LogP contribution in [0.25, 0.3) is 0 Å². The Morgan fingerprint density at radius 1 is 1.47 bits per heavy atom. The van der Waals surface area contributed by atoms with Crippen LogP contribution in [0.2, 0.25) is 0 Å². The van der Waals surface area contributed by atoms with Crippen LogP contribution in [-0.2, 0) is 6.54 Å². The van der Waals surface area contributed by atoms with E-state index in [0.717, 1.165) is 6.42 Å². The number of ether oxygens (including phenoxy) is 1. The molecule has 8 nitrogen and oxygen atoms in total. The predicted molar refractivity (Wildman–Crippen MR) is 59.3 cm³/mol. The zero-order chi connectivity index (χ0) is 11.9. The van der Waals surface area contributed by atoms with Gasteiger partial charge in [0.05, 0.1) is 13.2 Å². The predicted octanol–water partition coefficient (Wildman–Crippen LogP) is 0.391. The molecule has 0 spiro atoms. The zero-order valence-electron chi connectivity index (χ0n) is 9.42. The molecule has 0 aromatic carbocycles. The second-order valence-corrected chi connectivity index (χ2v) is 3.25. The van der Waals surface area contributed by atoms with Gasteiger partial charge < -0.3 is 10.1 Å². The third-order valence-corrected chi connectivity index (χ3v) is 1.88. The first kappa shape index (κ1) is 11.2. The van der Waals surface area contributed by atoms with Gasteiger partial charge in [-0.1, -0.05) is 12.1 Å². The highest BCUT2D eigenvalue weighted by molar-refractivity contribution is 5.27. The SMILES string of the molecule is CCCOc1ccnc(NCc2nn[nH]n2)n1. The Balaban J connectivity index is 1.91. The zero-order valence-corrected chi connectivity index (χ0v) is 9.42. The van der Waals surface area contributed by atoms with Crippen LogP contribution in [0.5, 0.6) is 5.88 Å². The molecule has 0 aliphatic rings. The van der Waals surface area contributed by atoms with Gasteiger partial charge in [0.1, 0.15) is 0 Å². The summed E-state index contributed by atoms with van der Waals surface area (Å²) in [6.45, 7) is 3.09. The number of aromatic nitrogens is 6. The van der Waals surface area contributed by atoms with Gasteiger partial charge in [-0.15, -0.1) is 10.2 Å². The van der Waals surface area contributed by atoms with Gasteiger partial charge in [-0.05, 0) is 6.42 Å². The fourth-order valence-corrected chi connectivity index (χ4v) is 1.13. The first-order valence-electron chi connectivity index (χ1n) is 5.30. The van der Waals surface area contributed by atoms with Gasteiger partial charge in [-0.2, -0.15) is 10.2 Å². The molecular formula is C9H13N7O. The lowest BCUT2D eigenvalue weighted by molar-refractivity contribution is 0.305. The van der Waals surface area contributed by atoms with Crippen molar-refractivity contribution in [1.29, 1.82) is 0 Å². The molecule has 0 unspecified atom stereocenters. The van der Waals surface area contributed by atoms with E-state index in [4.69, 9.17) is 4.74 Å². The maximum atomic E-state index is 5.39. The first-order chi connectivity index (χ1) is 8.38. The highest BCUT2D eigenvalue weighted by Gasteiger charge is 2.02. The molecule has 2 aromatic rings. The monoisotopic (exact) mass is 235 g/mol. The van der Waals surface area contributed by atoms with Gasteiger partial charge in [0, 0.05) is 12.3 Å². The molecule has 0 amide bonds. The lowest BCUT2D eigenvalue weighted by Crippen LogP contribution is -2.06. The lowest BCUT2D eigenvalue weighted by Gasteiger charge is -2.05. The van der Waals surface area contributed by atoms with E-state index in [1.54, 1.807) is 12.3 Å². The molecule has 0 saturated heterocycles. The Bertz CT molecular complexity index is 444. The maximum Gasteiger partial charge on any atom is 0.226 e. The van der Waals surface area contributed by atoms with E-state index in [1.165, 1.54) is 0 Å². The van der Waals surface area contributed by atoms with Gasteiger partial charge in [0.2, 0.25) is 11.8 Å². The minimum absolute atomic E-state index is 0.410. The third-order valence-electron chi connectivity index (χ3n) is 1.88. The molecule has 0 bridgehead atoms. The van der Waals surface area contributed by atoms with E-state index < -0.39 is 0 Å². The summed E-state index contributed by atoms with van der Waals surface area (Å²) in [6, 6.07) is 1.72. The van der Waals surface area contributed by atoms with E-state index >= 15 is 0 Å². The van der Waals surface area contributed by atoms with E-state index in [-0.39, 0.29) is 0 Å². The van der Waals surface area contributed by atoms with Gasteiger partial charge in [-0.3, -0.25) is 0 Å². The fourth-order valence-electron chi connectivity index (χ4n) is 1.13. The van der Waals surface area contributed by atoms with Crippen molar-refractivity contribution < 1.29 is 4.74 Å². The summed E-state index contributed by atoms with van der Waals surface area (Å²) < 4.78 is 5.39. The molecule has 2 aromatic heterocycles. The smallest absolute Gasteiger partial charge is 0.226 e. The van der Waals surface area contributed by atoms with Crippen LogP contribution >= 0.6 is 0 Å². The minimum atomic E-state index is 0.410. The second-order valence-electron chi connectivity index (χ2n) is 3.25. The van der Waals surface area contributed by atoms with Crippen molar-refractivity contribution in [3.8, 4) is 5.88 Å². The Kier molecular flexibility index (Phi) is 3.79. The van der Waals surface area contributed by atoms with Crippen LogP contribution < -0.4 is 10.1 Å². The molecule has 90 valence electrons. The molecule has 2 N–H and O–H groups in total. The molecule has 0 aliphatic carbocycles. The van der Waals surface area contributed by atoms with Crippen LogP contribution in [-0.4, -0.2) is 37.2 Å². The molecule has 2 heterocycles. The van der Waals surface area contributed by atoms with Crippen LogP contribution in [0.1, 0.15) is 19.2 Å². The molecule has 0 fully saturated rings. The van der Waals surface area contributed by atoms with Gasteiger partial charge in [0.15, 0.2) is 5.82 Å². The van der Waals surface area contributed by atoms with E-state index in [0.29, 0.717) is 30.8 Å². The van der Waals surface area contributed by atoms with Crippen molar-refractivity contribution in [2.75, 3.05) is 11.9 Å². The number of nitrogens with zero attached hydrogens (tertiary/aromatic N) is 5. The van der Waals surface area contributed by atoms with Crippen LogP contribution in [0, 0.1) is 0 Å². The van der Waals surface area contributed by atoms with Gasteiger partial charge in [-0.25, -0.2) is 4.98 Å². The van der Waals surface area contributed by atoms with Crippen molar-refractivity contribution >= 4 is 5.95 Å². The van der Waals surface area contributed by atoms with Crippen LogP contribution in [0.15, 0.2) is 12.3 Å². The molecule has 8 heteroatoms. The van der Waals surface area contributed by atoms with Crippen molar-refractivity contribution in [1.82, 2.24) is 30.6 Å². The molecule has 17 heavy (non-hydrogen) atoms. The van der Waals surface area contributed by atoms with Crippen LogP contribution in [0.3, 0.4) is 0 Å². The number of anilines is 1. The molecular weight excluding hydrogens is 222 g/mol. The Labute approximate surface area is 97.8 Å². The summed E-state index contributed by atoms with van der Waals surface area (Å²) >= 11 is 0. The molecule has 0 saturated carbocycles. The van der Waals surface area contributed by atoms with E-state index in [1.807, 2.05) is 6.92 Å². The number of rotatable bonds is 6. The minimum Gasteiger partial charge on any atom is -0.478 e. The summed E-state index contributed by atoms with van der Waals surface area (Å²) in [4.78, 5) is 8.24. The second kappa shape index (κ2) is 5.73. The highest BCUT2D eigenvalue weighted by Crippen LogP contribution is 2.08. The van der Waals surface area contributed by atoms with Crippen LogP contribution in [0.4, 0.5) is 5.95 Å². The summed E-state index contributed by atoms with van der Waals surface area (Å²) in [5.74, 6) is 1.58. The Morgan fingerprint density at radius 2 is 2.41 bits per heavy atom. The average molecular weight is 235 g/mol. The molecule has 2 rings (SSSR count). The summed E-state index contributed by atoms with van der Waals surface area (Å²) in [7, 11) is 0. The fraction of sp³-hybridized carbons (Fsp3) is 0.444. The number of tetrazole rings is 1. The van der Waals surface area contributed by atoms with Crippen molar-refractivity contribution in [3.63, 3.8) is 0 Å². The lowest BCUT2D eigenvalue weighted by atomic mass is 10.5. The highest BCUT2D eigenvalue weighted by atomic mass is 16.5. The molecule has 0 aliphatic heterocycles. The van der Waals surface area contributed by atoms with Gasteiger partial charge >= 0.3 is 0 Å². The number of H-pyrrole nitrogens is 1. The standard InChI is InChI=1S/C9H13N7O/c1-2-5-17-8-3-4-10-9(12-8)11-6-7-13-15-16-14-7/h3-4H,2,5-6H2,1H3,(H,10,11,12)(H,13,14,15,16). The molecule has 0 atom stereocenters. The third kappa shape index (κ3) is 3.37. The first-order valence-corrected chi connectivity index (χ1v) is 5.30. The number of aromatic amines is 1. The number of nitrogens with one attached hydrogen (secondary N) is 2. The summed E-state index contributed by atoms with van der Waals surface area (Å²) in [5.41, 5.74) is 0. The van der Waals surface area contributed by atoms with Crippen molar-refractivity contribution in [2.45, 2.75) is 19.9 Å². The summed E-state index contributed by atoms with van der Waals surface area (Å²) in [5, 5.41) is 16.4. The van der Waals surface area contributed by atoms with E-state index in [9.17, 15) is 0 Å². The number of hydrogen-bond donors (Lipinski definition) is 2. The topological polar surface area (TPSA) is 102 Å². The number of hydrogen-bond acceptors (Lipinski definition) is 7. The largest absolute Gasteiger partial charge is 0.478 e. The molecule has 0 radical (unpaired) electrons. The maximum absolute atomic E-state index is 5.39.